The van der Waals surface area contributed by atoms with Crippen molar-refractivity contribution < 1.29 is 27.8 Å². The van der Waals surface area contributed by atoms with Crippen LogP contribution in [0.1, 0.15) is 62.8 Å². The Hall–Kier alpha value is -4.66. The topological polar surface area (TPSA) is 62.7 Å². The predicted octanol–water partition coefficient (Wildman–Crippen LogP) is 9.86. The maximum Gasteiger partial charge on any atom is 0.416 e. The molecular formula is C40H36ClF3N2O3. The van der Waals surface area contributed by atoms with Gasteiger partial charge in [0.15, 0.2) is 0 Å². The molecule has 1 N–H and O–H groups in total. The Balaban J connectivity index is 1.15. The molecule has 1 aliphatic carbocycles. The van der Waals surface area contributed by atoms with E-state index in [1.54, 1.807) is 18.2 Å². The first-order chi connectivity index (χ1) is 23.7. The predicted molar refractivity (Wildman–Crippen MR) is 185 cm³/mol. The van der Waals surface area contributed by atoms with E-state index in [2.05, 4.69) is 22.0 Å². The average Bonchev–Trinajstić information content (AvgIpc) is 3.11. The number of rotatable bonds is 12. The fraction of sp³-hybridized carbons (Fsp3) is 0.250. The molecule has 6 rings (SSSR count). The van der Waals surface area contributed by atoms with E-state index < -0.39 is 17.7 Å². The van der Waals surface area contributed by atoms with Crippen LogP contribution in [0.15, 0.2) is 109 Å². The van der Waals surface area contributed by atoms with Crippen molar-refractivity contribution >= 4 is 17.6 Å². The van der Waals surface area contributed by atoms with Gasteiger partial charge < -0.3 is 9.84 Å². The second-order valence-corrected chi connectivity index (χ2v) is 12.7. The molecular weight excluding hydrogens is 649 g/mol. The lowest BCUT2D eigenvalue weighted by Crippen LogP contribution is -2.35. The first-order valence-corrected chi connectivity index (χ1v) is 16.7. The van der Waals surface area contributed by atoms with Crippen LogP contribution in [-0.2, 0) is 32.0 Å². The molecule has 0 aliphatic heterocycles. The number of carbonyl (C=O) groups is 1. The lowest BCUT2D eigenvalue weighted by molar-refractivity contribution is -0.137. The summed E-state index contributed by atoms with van der Waals surface area (Å²) in [5, 5.41) is 9.77. The number of halogens is 4. The summed E-state index contributed by atoms with van der Waals surface area (Å²) in [6.07, 6.45) is 2.08. The third-order valence-electron chi connectivity index (χ3n) is 9.13. The number of pyridine rings is 1. The summed E-state index contributed by atoms with van der Waals surface area (Å²) in [6, 6.07) is 29.9. The minimum absolute atomic E-state index is 0.228. The highest BCUT2D eigenvalue weighted by Gasteiger charge is 2.30. The zero-order chi connectivity index (χ0) is 34.4. The Labute approximate surface area is 289 Å². The number of carboxylic acids is 1. The van der Waals surface area contributed by atoms with Crippen LogP contribution in [0.3, 0.4) is 0 Å². The van der Waals surface area contributed by atoms with Gasteiger partial charge in [-0.15, -0.1) is 0 Å². The number of benzene rings is 4. The van der Waals surface area contributed by atoms with Gasteiger partial charge in [0.2, 0.25) is 0 Å². The van der Waals surface area contributed by atoms with Crippen molar-refractivity contribution in [2.24, 2.45) is 0 Å². The minimum Gasteiger partial charge on any atom is -0.489 e. The molecule has 0 amide bonds. The maximum atomic E-state index is 13.0. The Morgan fingerprint density at radius 1 is 0.878 bits per heavy atom. The fourth-order valence-corrected chi connectivity index (χ4v) is 6.67. The number of nitrogens with zero attached hydrogens (tertiary/aromatic N) is 2. The summed E-state index contributed by atoms with van der Waals surface area (Å²) in [5.74, 6) is -0.168. The van der Waals surface area contributed by atoms with E-state index in [9.17, 15) is 23.1 Å². The van der Waals surface area contributed by atoms with Gasteiger partial charge >= 0.3 is 12.1 Å². The van der Waals surface area contributed by atoms with E-state index in [0.717, 1.165) is 91.0 Å². The molecule has 0 bridgehead atoms. The van der Waals surface area contributed by atoms with Crippen molar-refractivity contribution in [3.8, 4) is 16.9 Å². The number of alkyl halides is 3. The molecule has 0 radical (unpaired) electrons. The maximum absolute atomic E-state index is 13.0. The Kier molecular flexibility index (Phi) is 10.7. The lowest BCUT2D eigenvalue weighted by atomic mass is 9.89. The van der Waals surface area contributed by atoms with Crippen LogP contribution < -0.4 is 4.74 Å². The van der Waals surface area contributed by atoms with Crippen LogP contribution in [0.25, 0.3) is 11.1 Å². The van der Waals surface area contributed by atoms with Gasteiger partial charge in [0.05, 0.1) is 11.1 Å². The van der Waals surface area contributed by atoms with E-state index in [0.29, 0.717) is 10.6 Å². The average molecular weight is 685 g/mol. The zero-order valence-corrected chi connectivity index (χ0v) is 27.6. The Bertz CT molecular complexity index is 1900. The molecule has 9 heteroatoms. The standard InChI is InChI=1S/C40H36ClF3N2O3/c41-35-25-31(28-16-18-33(19-17-28)40(42,43)44)14-15-32(35)26-49-38-9-2-1-5-29(38)21-24-46(23-20-27-10-12-30(13-11-27)39(47)48)37-8-3-7-36-34(37)6-4-22-45-36/h1-2,4-6,9-19,22,25,37H,3,7-8,20-21,23-24,26H2,(H,47,48)/t37-/m0/s1. The summed E-state index contributed by atoms with van der Waals surface area (Å²) in [6.45, 7) is 1.82. The van der Waals surface area contributed by atoms with Gasteiger partial charge in [-0.05, 0) is 102 Å². The third-order valence-corrected chi connectivity index (χ3v) is 9.48. The molecule has 0 saturated heterocycles. The highest BCUT2D eigenvalue weighted by atomic mass is 35.5. The third kappa shape index (κ3) is 8.50. The minimum atomic E-state index is -4.39. The van der Waals surface area contributed by atoms with Gasteiger partial charge in [-0.2, -0.15) is 13.2 Å². The fourth-order valence-electron chi connectivity index (χ4n) is 6.44. The summed E-state index contributed by atoms with van der Waals surface area (Å²) in [4.78, 5) is 18.5. The van der Waals surface area contributed by atoms with Crippen LogP contribution in [0.5, 0.6) is 5.75 Å². The van der Waals surface area contributed by atoms with Crippen molar-refractivity contribution in [2.75, 3.05) is 13.1 Å². The number of aromatic nitrogens is 1. The number of hydrogen-bond acceptors (Lipinski definition) is 4. The summed E-state index contributed by atoms with van der Waals surface area (Å²) in [5.41, 5.74) is 6.30. The summed E-state index contributed by atoms with van der Waals surface area (Å²) in [7, 11) is 0. The molecule has 0 fully saturated rings. The van der Waals surface area contributed by atoms with Gasteiger partial charge in [-0.3, -0.25) is 9.88 Å². The van der Waals surface area contributed by atoms with E-state index in [4.69, 9.17) is 16.3 Å². The quantitative estimate of drug-likeness (QED) is 0.142. The number of aryl methyl sites for hydroxylation is 1. The summed E-state index contributed by atoms with van der Waals surface area (Å²) >= 11 is 6.63. The van der Waals surface area contributed by atoms with Crippen molar-refractivity contribution in [1.82, 2.24) is 9.88 Å². The molecule has 0 saturated carbocycles. The van der Waals surface area contributed by atoms with Crippen LogP contribution in [0.2, 0.25) is 5.02 Å². The van der Waals surface area contributed by atoms with Gasteiger partial charge in [0, 0.05) is 41.6 Å². The molecule has 1 aromatic heterocycles. The molecule has 4 aromatic carbocycles. The Morgan fingerprint density at radius 2 is 1.61 bits per heavy atom. The van der Waals surface area contributed by atoms with Crippen molar-refractivity contribution in [2.45, 2.75) is 50.9 Å². The number of carboxylic acid groups (broad SMARTS) is 1. The number of para-hydroxylation sites is 1. The number of fused-ring (bicyclic) bond motifs is 1. The van der Waals surface area contributed by atoms with Gasteiger partial charge in [-0.1, -0.05) is 72.3 Å². The normalized spacial score (nSPS) is 14.4. The van der Waals surface area contributed by atoms with E-state index in [1.807, 2.05) is 54.7 Å². The molecule has 1 heterocycles. The lowest BCUT2D eigenvalue weighted by Gasteiger charge is -2.35. The van der Waals surface area contributed by atoms with Crippen LogP contribution in [0.4, 0.5) is 13.2 Å². The molecule has 5 nitrogen and oxygen atoms in total. The monoisotopic (exact) mass is 684 g/mol. The van der Waals surface area contributed by atoms with E-state index >= 15 is 0 Å². The smallest absolute Gasteiger partial charge is 0.416 e. The van der Waals surface area contributed by atoms with Gasteiger partial charge in [-0.25, -0.2) is 4.79 Å². The second kappa shape index (κ2) is 15.3. The second-order valence-electron chi connectivity index (χ2n) is 12.3. The van der Waals surface area contributed by atoms with Gasteiger partial charge in [0.25, 0.3) is 0 Å². The molecule has 0 unspecified atom stereocenters. The molecule has 1 atom stereocenters. The zero-order valence-electron chi connectivity index (χ0n) is 26.8. The molecule has 5 aromatic rings. The molecule has 49 heavy (non-hydrogen) atoms. The van der Waals surface area contributed by atoms with Gasteiger partial charge in [0.1, 0.15) is 12.4 Å². The molecule has 252 valence electrons. The van der Waals surface area contributed by atoms with E-state index in [-0.39, 0.29) is 18.2 Å². The highest BCUT2D eigenvalue weighted by molar-refractivity contribution is 6.31. The Morgan fingerprint density at radius 3 is 2.35 bits per heavy atom. The first kappa shape index (κ1) is 34.2. The largest absolute Gasteiger partial charge is 0.489 e. The number of hydrogen-bond donors (Lipinski definition) is 1. The number of aromatic carboxylic acids is 1. The highest BCUT2D eigenvalue weighted by Crippen LogP contribution is 2.35. The summed E-state index contributed by atoms with van der Waals surface area (Å²) < 4.78 is 45.3. The molecule has 1 aliphatic rings. The van der Waals surface area contributed by atoms with Crippen LogP contribution >= 0.6 is 11.6 Å². The van der Waals surface area contributed by atoms with E-state index in [1.165, 1.54) is 17.7 Å². The molecule has 0 spiro atoms. The number of ether oxygens (including phenoxy) is 1. The van der Waals surface area contributed by atoms with Crippen molar-refractivity contribution in [3.05, 3.63) is 153 Å². The van der Waals surface area contributed by atoms with Crippen molar-refractivity contribution in [1.29, 1.82) is 0 Å². The SMILES string of the molecule is O=C(O)c1ccc(CCN(CCc2ccccc2OCc2ccc(-c3ccc(C(F)(F)F)cc3)cc2Cl)[C@H]2CCCc3ncccc32)cc1. The van der Waals surface area contributed by atoms with Crippen molar-refractivity contribution in [3.63, 3.8) is 0 Å². The van der Waals surface area contributed by atoms with Crippen LogP contribution in [-0.4, -0.2) is 34.0 Å². The first-order valence-electron chi connectivity index (χ1n) is 16.3. The van der Waals surface area contributed by atoms with Crippen LogP contribution in [0, 0.1) is 0 Å².